The minimum atomic E-state index is -0.994. The third-order valence-electron chi connectivity index (χ3n) is 7.19. The number of methoxy groups -OCH3 is 1. The number of hydrazone groups is 1. The topological polar surface area (TPSA) is 159 Å². The number of esters is 2. The number of hydrogen-bond acceptors (Lipinski definition) is 10. The quantitative estimate of drug-likeness (QED) is 0.199. The number of aliphatic imine (C=N–C) groups is 1. The van der Waals surface area contributed by atoms with Crippen LogP contribution in [0.4, 0.5) is 5.69 Å². The normalized spacial score (nSPS) is 21.0. The predicted octanol–water partition coefficient (Wildman–Crippen LogP) is 4.43. The van der Waals surface area contributed by atoms with E-state index in [0.717, 1.165) is 11.3 Å². The maximum atomic E-state index is 13.7. The van der Waals surface area contributed by atoms with Crippen molar-refractivity contribution in [3.63, 3.8) is 0 Å². The number of nitrogens with zero attached hydrogens (tertiary/aromatic N) is 3. The molecule has 2 heterocycles. The van der Waals surface area contributed by atoms with E-state index in [0.29, 0.717) is 35.6 Å². The summed E-state index contributed by atoms with van der Waals surface area (Å²) in [7, 11) is 1.23. The second-order valence-corrected chi connectivity index (χ2v) is 10.1. The molecule has 2 aliphatic rings. The van der Waals surface area contributed by atoms with Crippen LogP contribution in [-0.4, -0.2) is 47.6 Å². The van der Waals surface area contributed by atoms with Crippen molar-refractivity contribution < 1.29 is 33.5 Å². The van der Waals surface area contributed by atoms with Crippen LogP contribution >= 0.6 is 0 Å². The molecule has 4 atom stereocenters. The van der Waals surface area contributed by atoms with Gasteiger partial charge in [0.2, 0.25) is 12.2 Å². The Kier molecular flexibility index (Phi) is 9.14. The van der Waals surface area contributed by atoms with Crippen LogP contribution in [0.2, 0.25) is 0 Å². The monoisotopic (exact) mass is 576 g/mol. The highest BCUT2D eigenvalue weighted by atomic mass is 16.7. The highest BCUT2D eigenvalue weighted by Crippen LogP contribution is 2.41. The van der Waals surface area contributed by atoms with Gasteiger partial charge in [0.05, 0.1) is 23.3 Å². The molecule has 0 radical (unpaired) electrons. The van der Waals surface area contributed by atoms with Crippen LogP contribution in [-0.2, 0) is 23.9 Å². The van der Waals surface area contributed by atoms with E-state index in [1.54, 1.807) is 51.1 Å². The molecule has 0 saturated carbocycles. The molecule has 0 bridgehead atoms. The van der Waals surface area contributed by atoms with Gasteiger partial charge in [-0.05, 0) is 49.2 Å². The number of allylic oxidation sites excluding steroid dienone is 1. The second kappa shape index (κ2) is 12.8. The molecule has 0 aliphatic carbocycles. The van der Waals surface area contributed by atoms with E-state index in [1.165, 1.54) is 25.3 Å². The molecule has 0 saturated heterocycles. The maximum Gasteiger partial charge on any atom is 0.339 e. The second-order valence-electron chi connectivity index (χ2n) is 10.1. The number of nitro groups is 1. The highest BCUT2D eigenvalue weighted by Gasteiger charge is 2.43. The van der Waals surface area contributed by atoms with Gasteiger partial charge >= 0.3 is 11.9 Å². The van der Waals surface area contributed by atoms with Crippen LogP contribution in [0.15, 0.2) is 69.9 Å². The summed E-state index contributed by atoms with van der Waals surface area (Å²) in [6.07, 6.45) is -0.333. The average Bonchev–Trinajstić information content (AvgIpc) is 2.96. The molecule has 2 aliphatic heterocycles. The van der Waals surface area contributed by atoms with Crippen LogP contribution < -0.4 is 10.2 Å². The van der Waals surface area contributed by atoms with Crippen molar-refractivity contribution in [3.8, 4) is 5.75 Å². The smallest absolute Gasteiger partial charge is 0.339 e. The van der Waals surface area contributed by atoms with Crippen LogP contribution in [0.5, 0.6) is 5.75 Å². The Morgan fingerprint density at radius 2 is 1.88 bits per heavy atom. The Labute approximate surface area is 242 Å². The number of rotatable bonds is 9. The number of carbonyl (C=O) groups is 3. The Balaban J connectivity index is 1.60. The Morgan fingerprint density at radius 3 is 2.50 bits per heavy atom. The molecule has 0 spiro atoms. The lowest BCUT2D eigenvalue weighted by Crippen LogP contribution is -2.37. The number of amides is 1. The summed E-state index contributed by atoms with van der Waals surface area (Å²) < 4.78 is 16.7. The molecular weight excluding hydrogens is 544 g/mol. The lowest BCUT2D eigenvalue weighted by Gasteiger charge is -2.31. The van der Waals surface area contributed by atoms with Gasteiger partial charge in [-0.15, -0.1) is 0 Å². The van der Waals surface area contributed by atoms with E-state index in [-0.39, 0.29) is 23.1 Å². The minimum Gasteiger partial charge on any atom is -0.468 e. The van der Waals surface area contributed by atoms with E-state index in [1.807, 2.05) is 6.92 Å². The summed E-state index contributed by atoms with van der Waals surface area (Å²) in [4.78, 5) is 53.5. The third-order valence-corrected chi connectivity index (χ3v) is 7.19. The first-order chi connectivity index (χ1) is 20.0. The molecule has 0 fully saturated rings. The first kappa shape index (κ1) is 30.1. The van der Waals surface area contributed by atoms with E-state index < -0.39 is 35.0 Å². The number of carbonyl (C=O) groups excluding carboxylic acids is 3. The van der Waals surface area contributed by atoms with E-state index >= 15 is 0 Å². The number of non-ortho nitro benzene ring substituents is 1. The molecule has 4 rings (SSSR count). The van der Waals surface area contributed by atoms with Gasteiger partial charge in [0.1, 0.15) is 11.7 Å². The van der Waals surface area contributed by atoms with Gasteiger partial charge in [-0.3, -0.25) is 24.7 Å². The van der Waals surface area contributed by atoms with E-state index in [4.69, 9.17) is 14.2 Å². The van der Waals surface area contributed by atoms with Gasteiger partial charge in [0.15, 0.2) is 0 Å². The van der Waals surface area contributed by atoms with Gasteiger partial charge < -0.3 is 14.2 Å². The molecule has 1 amide bonds. The summed E-state index contributed by atoms with van der Waals surface area (Å²) in [5.41, 5.74) is 5.08. The molecule has 0 aromatic heterocycles. The number of nitro benzene ring substituents is 1. The summed E-state index contributed by atoms with van der Waals surface area (Å²) in [6.45, 7) is 6.98. The Morgan fingerprint density at radius 1 is 1.17 bits per heavy atom. The first-order valence-corrected chi connectivity index (χ1v) is 13.5. The lowest BCUT2D eigenvalue weighted by molar-refractivity contribution is -0.384. The number of benzene rings is 2. The van der Waals surface area contributed by atoms with Crippen molar-refractivity contribution in [2.24, 2.45) is 21.9 Å². The van der Waals surface area contributed by atoms with Gasteiger partial charge in [0.25, 0.3) is 5.69 Å². The largest absolute Gasteiger partial charge is 0.468 e. The number of ether oxygens (including phenoxy) is 3. The highest BCUT2D eigenvalue weighted by molar-refractivity contribution is 6.07. The van der Waals surface area contributed by atoms with Crippen LogP contribution in [0.1, 0.15) is 57.6 Å². The average molecular weight is 577 g/mol. The zero-order valence-electron chi connectivity index (χ0n) is 24.0. The molecule has 4 unspecified atom stereocenters. The third kappa shape index (κ3) is 6.37. The van der Waals surface area contributed by atoms with Gasteiger partial charge in [-0.2, -0.15) is 5.10 Å². The van der Waals surface area contributed by atoms with Gasteiger partial charge in [-0.1, -0.05) is 26.0 Å². The fraction of sp³-hybridized carbons (Fsp3) is 0.367. The summed E-state index contributed by atoms with van der Waals surface area (Å²) in [6, 6.07) is 12.8. The van der Waals surface area contributed by atoms with Crippen LogP contribution in [0.3, 0.4) is 0 Å². The SMILES string of the molecule is CCC(OC(=O)C1=C(C)N=C(C)C(C(=O)OC)C1c1cccc([N+](=O)[O-])c1)Oc1ccc(C2=NNC(=O)CC2C)cc1. The van der Waals surface area contributed by atoms with Gasteiger partial charge in [-0.25, -0.2) is 10.2 Å². The van der Waals surface area contributed by atoms with Crippen molar-refractivity contribution in [2.45, 2.75) is 52.7 Å². The maximum absolute atomic E-state index is 13.7. The van der Waals surface area contributed by atoms with Crippen LogP contribution in [0, 0.1) is 22.0 Å². The Hall–Kier alpha value is -4.87. The zero-order chi connectivity index (χ0) is 30.6. The standard InChI is InChI=1S/C30H32N4O8/c1-6-24(41-22-12-10-19(11-13-22)28-16(2)14-23(35)32-33-28)42-30(37)26-18(4)31-17(3)25(29(36)40-5)27(26)20-8-7-9-21(15-20)34(38)39/h7-13,15-16,24-25,27H,6,14H2,1-5H3,(H,32,35). The van der Waals surface area contributed by atoms with Crippen molar-refractivity contribution in [3.05, 3.63) is 81.0 Å². The number of nitrogens with one attached hydrogen (secondary N) is 1. The van der Waals surface area contributed by atoms with E-state index in [9.17, 15) is 24.5 Å². The molecule has 2 aromatic rings. The first-order valence-electron chi connectivity index (χ1n) is 13.5. The molecule has 12 nitrogen and oxygen atoms in total. The molecule has 220 valence electrons. The Bertz CT molecular complexity index is 1490. The fourth-order valence-corrected chi connectivity index (χ4v) is 5.16. The van der Waals surface area contributed by atoms with Crippen molar-refractivity contribution in [1.82, 2.24) is 5.43 Å². The summed E-state index contributed by atoms with van der Waals surface area (Å²) in [5, 5.41) is 15.7. The zero-order valence-corrected chi connectivity index (χ0v) is 24.0. The molecular formula is C30H32N4O8. The molecule has 42 heavy (non-hydrogen) atoms. The van der Waals surface area contributed by atoms with Crippen molar-refractivity contribution >= 4 is 35.0 Å². The summed E-state index contributed by atoms with van der Waals surface area (Å²) >= 11 is 0. The molecule has 12 heteroatoms. The van der Waals surface area contributed by atoms with Crippen molar-refractivity contribution in [1.29, 1.82) is 0 Å². The van der Waals surface area contributed by atoms with E-state index in [2.05, 4.69) is 15.5 Å². The predicted molar refractivity (Wildman–Crippen MR) is 153 cm³/mol. The lowest BCUT2D eigenvalue weighted by atomic mass is 9.75. The molecule has 2 aromatic carbocycles. The van der Waals surface area contributed by atoms with Crippen molar-refractivity contribution in [2.75, 3.05) is 7.11 Å². The number of hydrogen-bond donors (Lipinski definition) is 1. The van der Waals surface area contributed by atoms with Crippen LogP contribution in [0.25, 0.3) is 0 Å². The minimum absolute atomic E-state index is 0.0408. The molecule has 1 N–H and O–H groups in total. The summed E-state index contributed by atoms with van der Waals surface area (Å²) in [5.74, 6) is -3.05. The fourth-order valence-electron chi connectivity index (χ4n) is 5.16. The van der Waals surface area contributed by atoms with Gasteiger partial charge in [0, 0.05) is 48.2 Å².